The Morgan fingerprint density at radius 3 is 2.56 bits per heavy atom. The quantitative estimate of drug-likeness (QED) is 0.256. The smallest absolute Gasteiger partial charge is 0.149 e. The summed E-state index contributed by atoms with van der Waals surface area (Å²) in [6.07, 6.45) is 2.60. The van der Waals surface area contributed by atoms with Gasteiger partial charge in [0.15, 0.2) is 0 Å². The molecule has 2 heterocycles. The number of fused-ring (bicyclic) bond motifs is 1. The van der Waals surface area contributed by atoms with Gasteiger partial charge in [-0.1, -0.05) is 42.5 Å². The average molecular weight is 467 g/mol. The van der Waals surface area contributed by atoms with Crippen molar-refractivity contribution in [1.82, 2.24) is 20.6 Å². The minimum absolute atomic E-state index is 0.133. The van der Waals surface area contributed by atoms with Crippen molar-refractivity contribution in [2.45, 2.75) is 32.8 Å². The van der Waals surface area contributed by atoms with Crippen LogP contribution < -0.4 is 4.74 Å². The monoisotopic (exact) mass is 466 g/mol. The van der Waals surface area contributed by atoms with Gasteiger partial charge in [-0.25, -0.2) is 5.10 Å². The number of benzene rings is 3. The number of hydrogen-bond donors (Lipinski definition) is 1. The fourth-order valence-electron chi connectivity index (χ4n) is 4.39. The number of aromatic nitrogens is 4. The molecule has 0 bridgehead atoms. The Bertz CT molecular complexity index is 1400. The molecule has 0 spiro atoms. The van der Waals surface area contributed by atoms with Crippen LogP contribution in [0.15, 0.2) is 78.7 Å². The number of aromatic amines is 1. The van der Waals surface area contributed by atoms with E-state index < -0.39 is 0 Å². The number of tetrazole rings is 1. The van der Waals surface area contributed by atoms with Gasteiger partial charge in [-0.15, -0.1) is 23.0 Å². The predicted octanol–water partition coefficient (Wildman–Crippen LogP) is 6.79. The molecule has 0 aliphatic heterocycles. The summed E-state index contributed by atoms with van der Waals surface area (Å²) >= 11 is 1.79. The minimum Gasteiger partial charge on any atom is -0.489 e. The highest BCUT2D eigenvalue weighted by molar-refractivity contribution is 7.17. The molecule has 3 aromatic carbocycles. The maximum atomic E-state index is 6.12. The number of nitrogens with one attached hydrogen (secondary N) is 1. The molecule has 0 fully saturated rings. The summed E-state index contributed by atoms with van der Waals surface area (Å²) in [5.74, 6) is 1.72. The van der Waals surface area contributed by atoms with Crippen molar-refractivity contribution < 1.29 is 4.74 Å². The van der Waals surface area contributed by atoms with E-state index in [1.807, 2.05) is 18.2 Å². The Kier molecular flexibility index (Phi) is 6.23. The lowest BCUT2D eigenvalue weighted by Gasteiger charge is -2.13. The van der Waals surface area contributed by atoms with E-state index >= 15 is 0 Å². The Labute approximate surface area is 203 Å². The molecule has 5 rings (SSSR count). The second kappa shape index (κ2) is 9.61. The molecule has 0 saturated heterocycles. The molecule has 0 amide bonds. The zero-order chi connectivity index (χ0) is 23.5. The predicted molar refractivity (Wildman–Crippen MR) is 138 cm³/mol. The normalized spacial score (nSPS) is 12.1. The van der Waals surface area contributed by atoms with Crippen molar-refractivity contribution in [3.63, 3.8) is 0 Å². The molecule has 1 N–H and O–H groups in total. The van der Waals surface area contributed by atoms with Crippen LogP contribution in [0.5, 0.6) is 5.75 Å². The molecular formula is C28H26N4OS. The maximum absolute atomic E-state index is 6.12. The summed E-state index contributed by atoms with van der Waals surface area (Å²) in [5, 5.41) is 17.6. The number of ether oxygens (including phenoxy) is 1. The first-order valence-corrected chi connectivity index (χ1v) is 12.1. The van der Waals surface area contributed by atoms with Crippen LogP contribution in [0, 0.1) is 13.8 Å². The third kappa shape index (κ3) is 4.50. The number of allylic oxidation sites excluding steroid dienone is 1. The summed E-state index contributed by atoms with van der Waals surface area (Å²) in [7, 11) is 0. The van der Waals surface area contributed by atoms with Crippen LogP contribution in [0.3, 0.4) is 0 Å². The summed E-state index contributed by atoms with van der Waals surface area (Å²) in [6, 6.07) is 21.3. The highest BCUT2D eigenvalue weighted by atomic mass is 32.1. The standard InChI is InChI=1S/C28H26N4OS/c1-4-21(15-27-29-31-32-30-27)22-9-11-23(12-10-22)33-16-20-8-13-26-24(14-20)25(17-34-26)28-18(2)6-5-7-19(28)3/h4-14,17,21H,1,15-16H2,2-3H3,(H,29,30,31,32). The lowest BCUT2D eigenvalue weighted by atomic mass is 9.95. The van der Waals surface area contributed by atoms with Gasteiger partial charge < -0.3 is 4.74 Å². The fraction of sp³-hybridized carbons (Fsp3) is 0.179. The highest BCUT2D eigenvalue weighted by Crippen LogP contribution is 2.38. The molecule has 0 aliphatic carbocycles. The zero-order valence-electron chi connectivity index (χ0n) is 19.3. The molecule has 1 atom stereocenters. The summed E-state index contributed by atoms with van der Waals surface area (Å²) in [4.78, 5) is 0. The number of thiophene rings is 1. The highest BCUT2D eigenvalue weighted by Gasteiger charge is 2.13. The molecule has 6 heteroatoms. The second-order valence-corrected chi connectivity index (χ2v) is 9.41. The fourth-order valence-corrected chi connectivity index (χ4v) is 5.32. The molecule has 2 aromatic heterocycles. The van der Waals surface area contributed by atoms with Crippen LogP contribution >= 0.6 is 11.3 Å². The molecule has 1 unspecified atom stereocenters. The van der Waals surface area contributed by atoms with Crippen LogP contribution in [0.25, 0.3) is 21.2 Å². The van der Waals surface area contributed by atoms with E-state index in [0.717, 1.165) is 22.7 Å². The second-order valence-electron chi connectivity index (χ2n) is 8.50. The van der Waals surface area contributed by atoms with Gasteiger partial charge in [-0.3, -0.25) is 0 Å². The van der Waals surface area contributed by atoms with Crippen LogP contribution in [-0.2, 0) is 13.0 Å². The van der Waals surface area contributed by atoms with E-state index in [1.165, 1.54) is 32.3 Å². The number of rotatable bonds is 8. The van der Waals surface area contributed by atoms with Crippen LogP contribution in [-0.4, -0.2) is 20.6 Å². The Hall–Kier alpha value is -3.77. The molecule has 5 aromatic rings. The van der Waals surface area contributed by atoms with Crippen molar-refractivity contribution in [2.75, 3.05) is 0 Å². The van der Waals surface area contributed by atoms with Crippen molar-refractivity contribution >= 4 is 21.4 Å². The van der Waals surface area contributed by atoms with E-state index in [1.54, 1.807) is 11.3 Å². The van der Waals surface area contributed by atoms with Crippen molar-refractivity contribution in [1.29, 1.82) is 0 Å². The Morgan fingerprint density at radius 2 is 1.85 bits per heavy atom. The zero-order valence-corrected chi connectivity index (χ0v) is 20.1. The van der Waals surface area contributed by atoms with E-state index in [9.17, 15) is 0 Å². The van der Waals surface area contributed by atoms with Crippen molar-refractivity contribution in [3.8, 4) is 16.9 Å². The Balaban J connectivity index is 1.32. The maximum Gasteiger partial charge on any atom is 0.149 e. The van der Waals surface area contributed by atoms with E-state index in [2.05, 4.69) is 95.0 Å². The first kappa shape index (κ1) is 22.0. The molecule has 34 heavy (non-hydrogen) atoms. The number of nitrogens with zero attached hydrogens (tertiary/aromatic N) is 3. The van der Waals surface area contributed by atoms with Crippen LogP contribution in [0.1, 0.15) is 34.0 Å². The van der Waals surface area contributed by atoms with Gasteiger partial charge in [-0.2, -0.15) is 0 Å². The van der Waals surface area contributed by atoms with E-state index in [0.29, 0.717) is 13.0 Å². The van der Waals surface area contributed by atoms with Gasteiger partial charge in [0, 0.05) is 28.0 Å². The molecule has 0 aliphatic rings. The van der Waals surface area contributed by atoms with Gasteiger partial charge in [0.1, 0.15) is 18.2 Å². The lowest BCUT2D eigenvalue weighted by molar-refractivity contribution is 0.306. The van der Waals surface area contributed by atoms with Gasteiger partial charge in [0.25, 0.3) is 0 Å². The molecule has 0 radical (unpaired) electrons. The summed E-state index contributed by atoms with van der Waals surface area (Å²) in [6.45, 7) is 8.85. The largest absolute Gasteiger partial charge is 0.489 e. The SMILES string of the molecule is C=CC(Cc1nnn[nH]1)c1ccc(OCc2ccc3scc(-c4c(C)cccc4C)c3c2)cc1. The summed E-state index contributed by atoms with van der Waals surface area (Å²) in [5.41, 5.74) is 7.55. The van der Waals surface area contributed by atoms with Crippen molar-refractivity contribution in [2.24, 2.45) is 0 Å². The molecule has 0 saturated carbocycles. The molecule has 5 nitrogen and oxygen atoms in total. The van der Waals surface area contributed by atoms with Crippen LogP contribution in [0.4, 0.5) is 0 Å². The number of hydrogen-bond acceptors (Lipinski definition) is 5. The van der Waals surface area contributed by atoms with Gasteiger partial charge in [0.05, 0.1) is 0 Å². The third-order valence-electron chi connectivity index (χ3n) is 6.19. The third-order valence-corrected chi connectivity index (χ3v) is 7.15. The van der Waals surface area contributed by atoms with Gasteiger partial charge in [-0.05, 0) is 81.7 Å². The van der Waals surface area contributed by atoms with E-state index in [4.69, 9.17) is 4.74 Å². The van der Waals surface area contributed by atoms with E-state index in [-0.39, 0.29) is 5.92 Å². The molecular weight excluding hydrogens is 440 g/mol. The molecule has 170 valence electrons. The lowest BCUT2D eigenvalue weighted by Crippen LogP contribution is -2.02. The first-order chi connectivity index (χ1) is 16.6. The first-order valence-electron chi connectivity index (χ1n) is 11.3. The topological polar surface area (TPSA) is 63.7 Å². The van der Waals surface area contributed by atoms with Gasteiger partial charge >= 0.3 is 0 Å². The van der Waals surface area contributed by atoms with Crippen LogP contribution in [0.2, 0.25) is 0 Å². The minimum atomic E-state index is 0.133. The number of H-pyrrole nitrogens is 1. The summed E-state index contributed by atoms with van der Waals surface area (Å²) < 4.78 is 7.42. The average Bonchev–Trinajstić information content (AvgIpc) is 3.52. The van der Waals surface area contributed by atoms with Gasteiger partial charge in [0.2, 0.25) is 0 Å². The Morgan fingerprint density at radius 1 is 1.06 bits per heavy atom. The van der Waals surface area contributed by atoms with Crippen molar-refractivity contribution in [3.05, 3.63) is 107 Å². The number of aryl methyl sites for hydroxylation is 2.